The molecule has 0 aliphatic rings. The van der Waals surface area contributed by atoms with Gasteiger partial charge in [0.2, 0.25) is 0 Å². The Morgan fingerprint density at radius 3 is 2.62 bits per heavy atom. The van der Waals surface area contributed by atoms with Crippen molar-refractivity contribution < 1.29 is 9.84 Å². The highest BCUT2D eigenvalue weighted by Crippen LogP contribution is 2.27. The zero-order valence-electron chi connectivity index (χ0n) is 9.41. The summed E-state index contributed by atoms with van der Waals surface area (Å²) in [6.07, 6.45) is -0.658. The number of ether oxygens (including phenoxy) is 1. The molecular formula is C11H17BrClNO2. The molecule has 1 aromatic carbocycles. The highest BCUT2D eigenvalue weighted by Gasteiger charge is 2.05. The molecule has 3 N–H and O–H groups in total. The molecule has 0 aliphatic heterocycles. The number of hydrogen-bond donors (Lipinski definition) is 2. The SMILES string of the molecule is CC.NCC(O)COc1ccc(Br)cc1Cl. The van der Waals surface area contributed by atoms with Crippen LogP contribution < -0.4 is 10.5 Å². The highest BCUT2D eigenvalue weighted by molar-refractivity contribution is 9.10. The normalized spacial score (nSPS) is 11.4. The number of rotatable bonds is 4. The second-order valence-corrected chi connectivity index (χ2v) is 4.10. The molecule has 0 heterocycles. The van der Waals surface area contributed by atoms with E-state index in [1.807, 2.05) is 19.9 Å². The Hall–Kier alpha value is -0.290. The van der Waals surface area contributed by atoms with Gasteiger partial charge in [-0.15, -0.1) is 0 Å². The molecule has 1 atom stereocenters. The van der Waals surface area contributed by atoms with Crippen molar-refractivity contribution in [1.29, 1.82) is 0 Å². The quantitative estimate of drug-likeness (QED) is 0.899. The molecule has 0 radical (unpaired) electrons. The lowest BCUT2D eigenvalue weighted by atomic mass is 10.3. The summed E-state index contributed by atoms with van der Waals surface area (Å²) in [5.41, 5.74) is 5.23. The first-order valence-electron chi connectivity index (χ1n) is 5.09. The van der Waals surface area contributed by atoms with Crippen molar-refractivity contribution in [2.75, 3.05) is 13.2 Å². The molecule has 0 bridgehead atoms. The fourth-order valence-corrected chi connectivity index (χ4v) is 1.57. The van der Waals surface area contributed by atoms with E-state index in [4.69, 9.17) is 27.2 Å². The number of aliphatic hydroxyl groups is 1. The Morgan fingerprint density at radius 1 is 1.50 bits per heavy atom. The zero-order valence-corrected chi connectivity index (χ0v) is 11.8. The van der Waals surface area contributed by atoms with Crippen LogP contribution in [-0.2, 0) is 0 Å². The fourth-order valence-electron chi connectivity index (χ4n) is 0.846. The van der Waals surface area contributed by atoms with Crippen LogP contribution >= 0.6 is 27.5 Å². The molecule has 0 saturated heterocycles. The monoisotopic (exact) mass is 309 g/mol. The maximum Gasteiger partial charge on any atom is 0.138 e. The summed E-state index contributed by atoms with van der Waals surface area (Å²) < 4.78 is 6.15. The lowest BCUT2D eigenvalue weighted by molar-refractivity contribution is 0.114. The van der Waals surface area contributed by atoms with Crippen molar-refractivity contribution in [3.8, 4) is 5.75 Å². The van der Waals surface area contributed by atoms with Gasteiger partial charge in [0.1, 0.15) is 18.5 Å². The molecule has 0 saturated carbocycles. The van der Waals surface area contributed by atoms with Gasteiger partial charge in [-0.1, -0.05) is 41.4 Å². The van der Waals surface area contributed by atoms with Crippen molar-refractivity contribution in [2.45, 2.75) is 20.0 Å². The third-order valence-electron chi connectivity index (χ3n) is 1.60. The second-order valence-electron chi connectivity index (χ2n) is 2.78. The summed E-state index contributed by atoms with van der Waals surface area (Å²) in [5.74, 6) is 0.544. The van der Waals surface area contributed by atoms with Crippen molar-refractivity contribution >= 4 is 27.5 Å². The van der Waals surface area contributed by atoms with Crippen LogP contribution in [0.5, 0.6) is 5.75 Å². The van der Waals surface area contributed by atoms with Crippen molar-refractivity contribution in [2.24, 2.45) is 5.73 Å². The first-order valence-corrected chi connectivity index (χ1v) is 6.26. The van der Waals surface area contributed by atoms with Crippen LogP contribution in [0.2, 0.25) is 5.02 Å². The minimum atomic E-state index is -0.658. The van der Waals surface area contributed by atoms with E-state index >= 15 is 0 Å². The molecular weight excluding hydrogens is 293 g/mol. The minimum Gasteiger partial charge on any atom is -0.489 e. The predicted molar refractivity (Wildman–Crippen MR) is 71.1 cm³/mol. The van der Waals surface area contributed by atoms with Crippen LogP contribution in [0.15, 0.2) is 22.7 Å². The Morgan fingerprint density at radius 2 is 2.12 bits per heavy atom. The van der Waals surface area contributed by atoms with Gasteiger partial charge in [-0.3, -0.25) is 0 Å². The number of hydrogen-bond acceptors (Lipinski definition) is 3. The molecule has 92 valence electrons. The van der Waals surface area contributed by atoms with Gasteiger partial charge in [0, 0.05) is 11.0 Å². The smallest absolute Gasteiger partial charge is 0.138 e. The molecule has 0 fully saturated rings. The Labute approximate surface area is 110 Å². The van der Waals surface area contributed by atoms with Gasteiger partial charge >= 0.3 is 0 Å². The van der Waals surface area contributed by atoms with Crippen LogP contribution in [0.1, 0.15) is 13.8 Å². The van der Waals surface area contributed by atoms with E-state index in [0.717, 1.165) is 4.47 Å². The number of benzene rings is 1. The first kappa shape index (κ1) is 15.7. The number of aliphatic hydroxyl groups excluding tert-OH is 1. The number of nitrogens with two attached hydrogens (primary N) is 1. The van der Waals surface area contributed by atoms with Gasteiger partial charge in [0.15, 0.2) is 0 Å². The molecule has 16 heavy (non-hydrogen) atoms. The summed E-state index contributed by atoms with van der Waals surface area (Å²) in [7, 11) is 0. The molecule has 1 rings (SSSR count). The summed E-state index contributed by atoms with van der Waals surface area (Å²) in [5, 5.41) is 9.67. The third-order valence-corrected chi connectivity index (χ3v) is 2.39. The van der Waals surface area contributed by atoms with E-state index in [1.165, 1.54) is 0 Å². The minimum absolute atomic E-state index is 0.151. The Bertz CT molecular complexity index is 310. The van der Waals surface area contributed by atoms with Crippen molar-refractivity contribution in [3.05, 3.63) is 27.7 Å². The van der Waals surface area contributed by atoms with E-state index in [0.29, 0.717) is 10.8 Å². The largest absolute Gasteiger partial charge is 0.489 e. The maximum atomic E-state index is 9.16. The summed E-state index contributed by atoms with van der Waals surface area (Å²) in [6, 6.07) is 5.28. The molecule has 1 unspecified atom stereocenters. The van der Waals surface area contributed by atoms with E-state index in [2.05, 4.69) is 15.9 Å². The molecule has 1 aromatic rings. The molecule has 0 aromatic heterocycles. The van der Waals surface area contributed by atoms with E-state index in [-0.39, 0.29) is 13.2 Å². The molecule has 0 spiro atoms. The molecule has 3 nitrogen and oxygen atoms in total. The average molecular weight is 311 g/mol. The fraction of sp³-hybridized carbons (Fsp3) is 0.455. The lowest BCUT2D eigenvalue weighted by Gasteiger charge is -2.11. The van der Waals surface area contributed by atoms with Crippen molar-refractivity contribution in [3.63, 3.8) is 0 Å². The molecule has 0 aliphatic carbocycles. The van der Waals surface area contributed by atoms with Gasteiger partial charge in [0.05, 0.1) is 5.02 Å². The second kappa shape index (κ2) is 8.82. The van der Waals surface area contributed by atoms with Crippen LogP contribution in [0.25, 0.3) is 0 Å². The Balaban J connectivity index is 0.00000106. The molecule has 0 amide bonds. The topological polar surface area (TPSA) is 55.5 Å². The van der Waals surface area contributed by atoms with Gasteiger partial charge < -0.3 is 15.6 Å². The predicted octanol–water partition coefficient (Wildman–Crippen LogP) is 2.83. The van der Waals surface area contributed by atoms with Crippen molar-refractivity contribution in [1.82, 2.24) is 0 Å². The maximum absolute atomic E-state index is 9.16. The summed E-state index contributed by atoms with van der Waals surface area (Å²) in [4.78, 5) is 0. The van der Waals surface area contributed by atoms with Crippen LogP contribution in [-0.4, -0.2) is 24.4 Å². The average Bonchev–Trinajstić information content (AvgIpc) is 2.30. The molecule has 5 heteroatoms. The first-order chi connectivity index (χ1) is 7.63. The van der Waals surface area contributed by atoms with Gasteiger partial charge in [-0.2, -0.15) is 0 Å². The van der Waals surface area contributed by atoms with Gasteiger partial charge in [-0.05, 0) is 18.2 Å². The van der Waals surface area contributed by atoms with Crippen LogP contribution in [0.4, 0.5) is 0 Å². The van der Waals surface area contributed by atoms with Crippen LogP contribution in [0.3, 0.4) is 0 Å². The van der Waals surface area contributed by atoms with Gasteiger partial charge in [-0.25, -0.2) is 0 Å². The zero-order chi connectivity index (χ0) is 12.6. The number of halogens is 2. The summed E-state index contributed by atoms with van der Waals surface area (Å²) >= 11 is 9.17. The van der Waals surface area contributed by atoms with Crippen LogP contribution in [0, 0.1) is 0 Å². The standard InChI is InChI=1S/C9H11BrClNO2.C2H6/c10-6-1-2-9(8(11)3-6)14-5-7(13)4-12;1-2/h1-3,7,13H,4-5,12H2;1-2H3. The highest BCUT2D eigenvalue weighted by atomic mass is 79.9. The Kier molecular flexibility index (Phi) is 8.66. The van der Waals surface area contributed by atoms with Gasteiger partial charge in [0.25, 0.3) is 0 Å². The lowest BCUT2D eigenvalue weighted by Crippen LogP contribution is -2.26. The van der Waals surface area contributed by atoms with E-state index < -0.39 is 6.10 Å². The summed E-state index contributed by atoms with van der Waals surface area (Å²) in [6.45, 7) is 4.33. The van der Waals surface area contributed by atoms with E-state index in [1.54, 1.807) is 12.1 Å². The van der Waals surface area contributed by atoms with E-state index in [9.17, 15) is 0 Å². The third kappa shape index (κ3) is 5.70.